The summed E-state index contributed by atoms with van der Waals surface area (Å²) in [4.78, 5) is 48.1. The Labute approximate surface area is 422 Å². The van der Waals surface area contributed by atoms with Crippen molar-refractivity contribution in [2.45, 2.75) is 114 Å². The zero-order valence-electron chi connectivity index (χ0n) is 41.4. The van der Waals surface area contributed by atoms with E-state index in [2.05, 4.69) is 35.2 Å². The van der Waals surface area contributed by atoms with Crippen molar-refractivity contribution in [1.29, 1.82) is 0 Å². The number of anilines is 2. The molecule has 2 aliphatic carbocycles. The Balaban J connectivity index is 0.657. The number of likely N-dealkylation sites (tertiary alicyclic amines) is 2. The number of pyridine rings is 1. The first-order valence-corrected chi connectivity index (χ1v) is 26.7. The van der Waals surface area contributed by atoms with Crippen molar-refractivity contribution in [3.05, 3.63) is 77.0 Å². The van der Waals surface area contributed by atoms with E-state index in [0.29, 0.717) is 69.9 Å². The number of aromatic hydroxyl groups is 1. The molecule has 384 valence electrons. The number of fused-ring (bicyclic) bond motifs is 4. The predicted molar refractivity (Wildman–Crippen MR) is 269 cm³/mol. The Morgan fingerprint density at radius 2 is 1.56 bits per heavy atom. The number of carbonyl (C=O) groups is 2. The van der Waals surface area contributed by atoms with Crippen molar-refractivity contribution in [2.24, 2.45) is 16.2 Å². The third-order valence-corrected chi connectivity index (χ3v) is 18.6. The van der Waals surface area contributed by atoms with Gasteiger partial charge in [0.05, 0.1) is 17.9 Å². The van der Waals surface area contributed by atoms with Gasteiger partial charge in [0.25, 0.3) is 0 Å². The molecule has 8 heterocycles. The van der Waals surface area contributed by atoms with Gasteiger partial charge in [-0.05, 0) is 148 Å². The number of phenols is 1. The summed E-state index contributed by atoms with van der Waals surface area (Å²) in [5, 5.41) is 18.3. The number of aryl methyl sites for hydroxylation is 1. The summed E-state index contributed by atoms with van der Waals surface area (Å²) in [7, 11) is 0. The van der Waals surface area contributed by atoms with Crippen LogP contribution in [-0.4, -0.2) is 125 Å². The third kappa shape index (κ3) is 8.45. The van der Waals surface area contributed by atoms with E-state index in [1.165, 1.54) is 37.1 Å². The van der Waals surface area contributed by atoms with Crippen LogP contribution in [0.5, 0.6) is 11.8 Å². The van der Waals surface area contributed by atoms with Gasteiger partial charge in [0, 0.05) is 98.8 Å². The summed E-state index contributed by atoms with van der Waals surface area (Å²) < 4.78 is 69.8. The van der Waals surface area contributed by atoms with E-state index in [4.69, 9.17) is 14.7 Å². The van der Waals surface area contributed by atoms with E-state index in [1.54, 1.807) is 18.3 Å². The Kier molecular flexibility index (Phi) is 11.4. The summed E-state index contributed by atoms with van der Waals surface area (Å²) in [6.07, 6.45) is 13.0. The van der Waals surface area contributed by atoms with Crippen LogP contribution < -0.4 is 25.2 Å². The Hall–Kier alpha value is -5.65. The van der Waals surface area contributed by atoms with Crippen molar-refractivity contribution in [3.63, 3.8) is 0 Å². The van der Waals surface area contributed by atoms with E-state index in [-0.39, 0.29) is 57.6 Å². The lowest BCUT2D eigenvalue weighted by molar-refractivity contribution is -0.134. The average Bonchev–Trinajstić information content (AvgIpc) is 3.62. The fourth-order valence-electron chi connectivity index (χ4n) is 14.4. The Bertz CT molecular complexity index is 3030. The predicted octanol–water partition coefficient (Wildman–Crippen LogP) is 8.14. The number of halogens is 4. The number of amides is 2. The SMILES string of the molecule is CCc1c(F)ccc2cc(O)cc(-c3ncc4c(N5CC6CCC(C5)N6)nc(OCC5(CN6CCC7(CCN(C8CC9(CCN(c%10cc(F)c(C%11CCC(=O)NC%11=O)c(F)c%10)CC9)C8)C7)C6)CC5)nc4c3F)c12. The van der Waals surface area contributed by atoms with E-state index in [0.717, 1.165) is 110 Å². The topological polar surface area (TPSA) is 139 Å². The van der Waals surface area contributed by atoms with Crippen LogP contribution in [0.25, 0.3) is 32.9 Å². The Morgan fingerprint density at radius 3 is 2.29 bits per heavy atom. The number of nitrogens with one attached hydrogen (secondary N) is 2. The van der Waals surface area contributed by atoms with E-state index in [1.807, 2.05) is 6.92 Å². The summed E-state index contributed by atoms with van der Waals surface area (Å²) >= 11 is 0. The molecule has 8 fully saturated rings. The molecular weight excluding hydrogens is 939 g/mol. The van der Waals surface area contributed by atoms with Gasteiger partial charge >= 0.3 is 6.01 Å². The van der Waals surface area contributed by atoms with Gasteiger partial charge in [0.2, 0.25) is 11.8 Å². The van der Waals surface area contributed by atoms with Crippen LogP contribution >= 0.6 is 0 Å². The van der Waals surface area contributed by atoms with Gasteiger partial charge in [-0.1, -0.05) is 13.0 Å². The van der Waals surface area contributed by atoms with Gasteiger partial charge in [-0.2, -0.15) is 9.97 Å². The number of aromatic nitrogens is 3. The zero-order chi connectivity index (χ0) is 50.0. The van der Waals surface area contributed by atoms with Crippen LogP contribution in [0.1, 0.15) is 101 Å². The number of benzene rings is 3. The second-order valence-corrected chi connectivity index (χ2v) is 23.4. The molecule has 8 aliphatic rings. The fourth-order valence-corrected chi connectivity index (χ4v) is 14.4. The molecule has 2 bridgehead atoms. The molecule has 4 atom stereocenters. The second-order valence-electron chi connectivity index (χ2n) is 23.4. The molecule has 2 spiro atoms. The molecule has 3 N–H and O–H groups in total. The molecule has 13 nitrogen and oxygen atoms in total. The number of phenolic OH excluding ortho intramolecular Hbond substituents is 1. The number of hydrogen-bond donors (Lipinski definition) is 3. The maximum Gasteiger partial charge on any atom is 0.319 e. The zero-order valence-corrected chi connectivity index (χ0v) is 41.4. The highest BCUT2D eigenvalue weighted by Gasteiger charge is 2.54. The van der Waals surface area contributed by atoms with Crippen LogP contribution in [0.2, 0.25) is 0 Å². The highest BCUT2D eigenvalue weighted by molar-refractivity contribution is 6.02. The second kappa shape index (κ2) is 17.7. The highest BCUT2D eigenvalue weighted by Crippen LogP contribution is 2.55. The number of ether oxygens (including phenoxy) is 1. The third-order valence-electron chi connectivity index (χ3n) is 18.6. The number of carbonyl (C=O) groups excluding carboxylic acids is 2. The van der Waals surface area contributed by atoms with Gasteiger partial charge < -0.3 is 29.9 Å². The molecule has 2 aromatic heterocycles. The van der Waals surface area contributed by atoms with Gasteiger partial charge in [-0.25, -0.2) is 17.6 Å². The normalized spacial score (nSPS) is 26.9. The number of nitrogens with zero attached hydrogens (tertiary/aromatic N) is 7. The highest BCUT2D eigenvalue weighted by atomic mass is 19.1. The smallest absolute Gasteiger partial charge is 0.319 e. The van der Waals surface area contributed by atoms with Crippen molar-refractivity contribution in [1.82, 2.24) is 35.4 Å². The first-order valence-electron chi connectivity index (χ1n) is 26.7. The molecule has 2 saturated carbocycles. The minimum atomic E-state index is -1.00. The van der Waals surface area contributed by atoms with Crippen LogP contribution in [0, 0.1) is 39.5 Å². The lowest BCUT2D eigenvalue weighted by Crippen LogP contribution is -2.55. The minimum Gasteiger partial charge on any atom is -0.508 e. The summed E-state index contributed by atoms with van der Waals surface area (Å²) in [5.41, 5.74) is 1.55. The van der Waals surface area contributed by atoms with Crippen molar-refractivity contribution in [2.75, 3.05) is 75.3 Å². The van der Waals surface area contributed by atoms with Crippen molar-refractivity contribution < 1.29 is 37.0 Å². The maximum absolute atomic E-state index is 17.2. The van der Waals surface area contributed by atoms with Crippen molar-refractivity contribution in [3.8, 4) is 23.0 Å². The molecule has 4 unspecified atom stereocenters. The standard InChI is InChI=1S/C56H63F4N9O4/c1-2-38-42(57)7-3-32-19-37(70)22-40(46(32)38)49-48(60)50-41(25-61-49)51(69-26-33-4-5-34(27-69)62-33)65-53(64-50)73-31-56(9-10-56)29-66-15-11-55(28-66)14-18-68(30-55)36-23-54(24-36)12-16-67(17-13-54)35-20-43(58)47(44(59)21-35)39-6-8-45(71)63-52(39)72/h3,7,19-22,25,33-34,36,39,62,70H,2,4-6,8-18,23-24,26-31H2,1H3,(H,63,71,72). The van der Waals surface area contributed by atoms with E-state index >= 15 is 17.6 Å². The molecular formula is C56H63F4N9O4. The monoisotopic (exact) mass is 1000 g/mol. The number of hydrogen-bond acceptors (Lipinski definition) is 12. The van der Waals surface area contributed by atoms with Gasteiger partial charge in [-0.3, -0.25) is 24.8 Å². The van der Waals surface area contributed by atoms with Gasteiger partial charge in [0.1, 0.15) is 40.2 Å². The Morgan fingerprint density at radius 1 is 0.822 bits per heavy atom. The fraction of sp³-hybridized carbons (Fsp3) is 0.554. The van der Waals surface area contributed by atoms with Crippen LogP contribution in [-0.2, 0) is 16.0 Å². The first-order chi connectivity index (χ1) is 35.2. The molecule has 13 rings (SSSR count). The number of piperidine rings is 2. The lowest BCUT2D eigenvalue weighted by Gasteiger charge is -2.55. The summed E-state index contributed by atoms with van der Waals surface area (Å²) in [6.45, 7) is 10.4. The molecule has 6 aliphatic heterocycles. The quantitative estimate of drug-likeness (QED) is 0.0870. The molecule has 2 amide bonds. The van der Waals surface area contributed by atoms with Gasteiger partial charge in [0.15, 0.2) is 5.82 Å². The lowest BCUT2D eigenvalue weighted by atomic mass is 9.60. The number of piperazine rings is 1. The molecule has 0 radical (unpaired) electrons. The van der Waals surface area contributed by atoms with E-state index < -0.39 is 41.0 Å². The molecule has 5 aromatic rings. The summed E-state index contributed by atoms with van der Waals surface area (Å²) in [6, 6.07) is 10.0. The molecule has 73 heavy (non-hydrogen) atoms. The van der Waals surface area contributed by atoms with Crippen LogP contribution in [0.4, 0.5) is 29.1 Å². The number of imide groups is 1. The largest absolute Gasteiger partial charge is 0.508 e. The van der Waals surface area contributed by atoms with Gasteiger partial charge in [-0.15, -0.1) is 0 Å². The van der Waals surface area contributed by atoms with Crippen LogP contribution in [0.15, 0.2) is 42.6 Å². The van der Waals surface area contributed by atoms with Crippen LogP contribution in [0.3, 0.4) is 0 Å². The molecule has 6 saturated heterocycles. The molecule has 3 aromatic carbocycles. The first kappa shape index (κ1) is 47.1. The average molecular weight is 1000 g/mol. The minimum absolute atomic E-state index is 0.0129. The maximum atomic E-state index is 17.2. The summed E-state index contributed by atoms with van der Waals surface area (Å²) in [5.74, 6) is -4.06. The van der Waals surface area contributed by atoms with E-state index in [9.17, 15) is 14.7 Å². The molecule has 17 heteroatoms. The van der Waals surface area contributed by atoms with Crippen molar-refractivity contribution >= 4 is 45.0 Å². The number of rotatable bonds is 11.